The van der Waals surface area contributed by atoms with E-state index in [2.05, 4.69) is 20.4 Å². The second-order valence-corrected chi connectivity index (χ2v) is 7.62. The van der Waals surface area contributed by atoms with E-state index >= 15 is 0 Å². The standard InChI is InChI=1S/C21H22N6O2/c22-18-16-7-6-14(12-17(16)24-25-18)19(28)26-10-8-21(9-11-26)20(29)23-13-27(21)15-4-2-1-3-5-15/h1-7,12H,8-11,13H2,(H,23,29)(H3,22,24,25). The number of carbonyl (C=O) groups is 2. The van der Waals surface area contributed by atoms with Crippen molar-refractivity contribution >= 4 is 34.2 Å². The van der Waals surface area contributed by atoms with Crippen molar-refractivity contribution in [2.45, 2.75) is 18.4 Å². The Hall–Kier alpha value is -3.55. The van der Waals surface area contributed by atoms with Gasteiger partial charge in [-0.1, -0.05) is 18.2 Å². The molecule has 0 aliphatic carbocycles. The second kappa shape index (κ2) is 6.51. The maximum Gasteiger partial charge on any atom is 0.253 e. The minimum Gasteiger partial charge on any atom is -0.382 e. The van der Waals surface area contributed by atoms with Crippen molar-refractivity contribution < 1.29 is 9.59 Å². The number of para-hydroxylation sites is 1. The Labute approximate surface area is 167 Å². The SMILES string of the molecule is Nc1n[nH]c2cc(C(=O)N3CCC4(CC3)C(=O)NCN4c3ccccc3)ccc12. The van der Waals surface area contributed by atoms with E-state index in [0.717, 1.165) is 16.6 Å². The molecule has 0 saturated carbocycles. The van der Waals surface area contributed by atoms with Gasteiger partial charge in [0, 0.05) is 29.7 Å². The predicted molar refractivity (Wildman–Crippen MR) is 110 cm³/mol. The summed E-state index contributed by atoms with van der Waals surface area (Å²) in [5.41, 5.74) is 7.56. The van der Waals surface area contributed by atoms with E-state index in [1.807, 2.05) is 41.3 Å². The fraction of sp³-hybridized carbons (Fsp3) is 0.286. The summed E-state index contributed by atoms with van der Waals surface area (Å²) in [6.45, 7) is 1.55. The number of nitrogen functional groups attached to an aromatic ring is 1. The number of hydrogen-bond donors (Lipinski definition) is 3. The summed E-state index contributed by atoms with van der Waals surface area (Å²) in [5, 5.41) is 10.6. The number of benzene rings is 2. The smallest absolute Gasteiger partial charge is 0.253 e. The van der Waals surface area contributed by atoms with Crippen LogP contribution in [0.1, 0.15) is 23.2 Å². The molecule has 3 heterocycles. The number of amides is 2. The molecule has 2 fully saturated rings. The van der Waals surface area contributed by atoms with Crippen LogP contribution in [0.4, 0.5) is 11.5 Å². The van der Waals surface area contributed by atoms with E-state index in [1.165, 1.54) is 0 Å². The molecule has 2 aliphatic rings. The third kappa shape index (κ3) is 2.71. The van der Waals surface area contributed by atoms with Gasteiger partial charge in [0.15, 0.2) is 5.82 Å². The highest BCUT2D eigenvalue weighted by atomic mass is 16.2. The molecule has 0 unspecified atom stereocenters. The molecule has 2 aliphatic heterocycles. The van der Waals surface area contributed by atoms with Gasteiger partial charge >= 0.3 is 0 Å². The fourth-order valence-electron chi connectivity index (χ4n) is 4.47. The number of aromatic amines is 1. The Bertz CT molecular complexity index is 1090. The summed E-state index contributed by atoms with van der Waals surface area (Å²) < 4.78 is 0. The van der Waals surface area contributed by atoms with Gasteiger partial charge in [-0.2, -0.15) is 5.10 Å². The molecule has 1 aromatic heterocycles. The minimum absolute atomic E-state index is 0.0420. The molecule has 8 nitrogen and oxygen atoms in total. The molecule has 3 aromatic rings. The normalized spacial score (nSPS) is 18.4. The van der Waals surface area contributed by atoms with Crippen molar-refractivity contribution in [2.24, 2.45) is 0 Å². The zero-order valence-electron chi connectivity index (χ0n) is 15.9. The number of likely N-dealkylation sites (tertiary alicyclic amines) is 1. The van der Waals surface area contributed by atoms with Gasteiger partial charge < -0.3 is 20.9 Å². The lowest BCUT2D eigenvalue weighted by Gasteiger charge is -2.43. The monoisotopic (exact) mass is 390 g/mol. The maximum absolute atomic E-state index is 13.0. The van der Waals surface area contributed by atoms with Crippen LogP contribution < -0.4 is 16.0 Å². The first-order valence-corrected chi connectivity index (χ1v) is 9.72. The molecule has 2 aromatic carbocycles. The first kappa shape index (κ1) is 17.5. The van der Waals surface area contributed by atoms with Crippen LogP contribution in [0.3, 0.4) is 0 Å². The first-order chi connectivity index (χ1) is 14.1. The largest absolute Gasteiger partial charge is 0.382 e. The number of aromatic nitrogens is 2. The number of nitrogens with one attached hydrogen (secondary N) is 2. The molecule has 0 radical (unpaired) electrons. The van der Waals surface area contributed by atoms with Crippen molar-refractivity contribution in [2.75, 3.05) is 30.4 Å². The zero-order valence-corrected chi connectivity index (χ0v) is 15.9. The molecule has 5 rings (SSSR count). The van der Waals surface area contributed by atoms with E-state index in [4.69, 9.17) is 5.73 Å². The van der Waals surface area contributed by atoms with Crippen molar-refractivity contribution in [1.29, 1.82) is 0 Å². The fourth-order valence-corrected chi connectivity index (χ4v) is 4.47. The number of fused-ring (bicyclic) bond motifs is 1. The van der Waals surface area contributed by atoms with Crippen LogP contribution in [-0.2, 0) is 4.79 Å². The van der Waals surface area contributed by atoms with E-state index < -0.39 is 5.54 Å². The van der Waals surface area contributed by atoms with Crippen LogP contribution in [0.2, 0.25) is 0 Å². The summed E-state index contributed by atoms with van der Waals surface area (Å²) in [7, 11) is 0. The number of piperidine rings is 1. The van der Waals surface area contributed by atoms with Crippen LogP contribution in [0.5, 0.6) is 0 Å². The minimum atomic E-state index is -0.597. The Balaban J connectivity index is 1.36. The summed E-state index contributed by atoms with van der Waals surface area (Å²) in [6, 6.07) is 15.3. The summed E-state index contributed by atoms with van der Waals surface area (Å²) in [6.07, 6.45) is 1.19. The van der Waals surface area contributed by atoms with Gasteiger partial charge in [0.25, 0.3) is 5.91 Å². The highest BCUT2D eigenvalue weighted by molar-refractivity contribution is 6.00. The molecule has 2 amide bonds. The number of H-pyrrole nitrogens is 1. The Morgan fingerprint density at radius 3 is 2.62 bits per heavy atom. The molecule has 0 bridgehead atoms. The van der Waals surface area contributed by atoms with Crippen LogP contribution in [-0.4, -0.2) is 52.2 Å². The van der Waals surface area contributed by atoms with Gasteiger partial charge in [-0.05, 0) is 43.2 Å². The number of nitrogens with zero attached hydrogens (tertiary/aromatic N) is 3. The van der Waals surface area contributed by atoms with Crippen molar-refractivity contribution in [3.63, 3.8) is 0 Å². The van der Waals surface area contributed by atoms with Gasteiger partial charge in [-0.3, -0.25) is 14.7 Å². The van der Waals surface area contributed by atoms with Crippen molar-refractivity contribution in [3.05, 3.63) is 54.1 Å². The number of carbonyl (C=O) groups excluding carboxylic acids is 2. The lowest BCUT2D eigenvalue weighted by molar-refractivity contribution is -0.124. The molecular weight excluding hydrogens is 368 g/mol. The van der Waals surface area contributed by atoms with Crippen LogP contribution in [0, 0.1) is 0 Å². The molecule has 2 saturated heterocycles. The highest BCUT2D eigenvalue weighted by Gasteiger charge is 2.50. The molecule has 4 N–H and O–H groups in total. The van der Waals surface area contributed by atoms with Gasteiger partial charge in [0.2, 0.25) is 5.91 Å². The average Bonchev–Trinajstić information content (AvgIpc) is 3.29. The third-order valence-electron chi connectivity index (χ3n) is 6.12. The van der Waals surface area contributed by atoms with Crippen molar-refractivity contribution in [3.8, 4) is 0 Å². The summed E-state index contributed by atoms with van der Waals surface area (Å²) in [4.78, 5) is 29.7. The summed E-state index contributed by atoms with van der Waals surface area (Å²) >= 11 is 0. The summed E-state index contributed by atoms with van der Waals surface area (Å²) in [5.74, 6) is 0.426. The second-order valence-electron chi connectivity index (χ2n) is 7.62. The molecular formula is C21H22N6O2. The molecule has 8 heteroatoms. The van der Waals surface area contributed by atoms with E-state index in [0.29, 0.717) is 44.0 Å². The lowest BCUT2D eigenvalue weighted by Crippen LogP contribution is -2.57. The Morgan fingerprint density at radius 1 is 1.10 bits per heavy atom. The molecule has 29 heavy (non-hydrogen) atoms. The number of hydrogen-bond acceptors (Lipinski definition) is 5. The van der Waals surface area contributed by atoms with Gasteiger partial charge in [0.1, 0.15) is 5.54 Å². The van der Waals surface area contributed by atoms with Crippen LogP contribution in [0.15, 0.2) is 48.5 Å². The Morgan fingerprint density at radius 2 is 1.86 bits per heavy atom. The van der Waals surface area contributed by atoms with Gasteiger partial charge in [0.05, 0.1) is 12.2 Å². The van der Waals surface area contributed by atoms with E-state index in [-0.39, 0.29) is 11.8 Å². The number of anilines is 2. The Kier molecular flexibility index (Phi) is 3.94. The number of nitrogens with two attached hydrogens (primary N) is 1. The maximum atomic E-state index is 13.0. The van der Waals surface area contributed by atoms with Crippen molar-refractivity contribution in [1.82, 2.24) is 20.4 Å². The van der Waals surface area contributed by atoms with E-state index in [9.17, 15) is 9.59 Å². The van der Waals surface area contributed by atoms with Crippen LogP contribution >= 0.6 is 0 Å². The average molecular weight is 390 g/mol. The lowest BCUT2D eigenvalue weighted by atomic mass is 9.85. The van der Waals surface area contributed by atoms with Crippen LogP contribution in [0.25, 0.3) is 10.9 Å². The number of rotatable bonds is 2. The highest BCUT2D eigenvalue weighted by Crippen LogP contribution is 2.36. The molecule has 148 valence electrons. The topological polar surface area (TPSA) is 107 Å². The predicted octanol–water partition coefficient (Wildman–Crippen LogP) is 1.71. The zero-order chi connectivity index (χ0) is 20.0. The van der Waals surface area contributed by atoms with Gasteiger partial charge in [-0.25, -0.2) is 0 Å². The third-order valence-corrected chi connectivity index (χ3v) is 6.12. The first-order valence-electron chi connectivity index (χ1n) is 9.72. The van der Waals surface area contributed by atoms with E-state index in [1.54, 1.807) is 12.1 Å². The van der Waals surface area contributed by atoms with Gasteiger partial charge in [-0.15, -0.1) is 0 Å². The molecule has 0 atom stereocenters. The molecule has 1 spiro atoms. The quantitative estimate of drug-likeness (QED) is 0.618.